The van der Waals surface area contributed by atoms with Crippen LogP contribution in [0.3, 0.4) is 0 Å². The molecule has 2 fully saturated rings. The van der Waals surface area contributed by atoms with E-state index in [2.05, 4.69) is 20.6 Å². The molecule has 0 saturated heterocycles. The van der Waals surface area contributed by atoms with Gasteiger partial charge in [-0.2, -0.15) is 0 Å². The van der Waals surface area contributed by atoms with Crippen molar-refractivity contribution < 1.29 is 0 Å². The summed E-state index contributed by atoms with van der Waals surface area (Å²) in [5.41, 5.74) is 1.35. The first-order valence-corrected chi connectivity index (χ1v) is 6.55. The number of nitrogens with one attached hydrogen (secondary N) is 2. The highest BCUT2D eigenvalue weighted by atomic mass is 35.5. The third-order valence-corrected chi connectivity index (χ3v) is 4.28. The van der Waals surface area contributed by atoms with Crippen LogP contribution in [0.1, 0.15) is 25.7 Å². The molecule has 0 aliphatic heterocycles. The molecular formula is C12H17ClN4. The Kier molecular flexibility index (Phi) is 2.62. The maximum Gasteiger partial charge on any atom is 0.157 e. The minimum atomic E-state index is 0.473. The lowest BCUT2D eigenvalue weighted by molar-refractivity contribution is 0.466. The molecule has 2 aliphatic rings. The zero-order chi connectivity index (χ0) is 11.9. The zero-order valence-electron chi connectivity index (χ0n) is 9.96. The first-order valence-electron chi connectivity index (χ1n) is 6.17. The molecule has 92 valence electrons. The topological polar surface area (TPSA) is 49.8 Å². The van der Waals surface area contributed by atoms with Crippen LogP contribution in [0.15, 0.2) is 6.33 Å². The summed E-state index contributed by atoms with van der Waals surface area (Å²) in [6, 6.07) is 0. The van der Waals surface area contributed by atoms with Gasteiger partial charge in [0.15, 0.2) is 11.0 Å². The average Bonchev–Trinajstić information content (AvgIpc) is 3.17. The lowest BCUT2D eigenvalue weighted by Gasteiger charge is -2.17. The van der Waals surface area contributed by atoms with Crippen LogP contribution in [0.2, 0.25) is 5.15 Å². The molecule has 0 amide bonds. The molecule has 0 aromatic carbocycles. The van der Waals surface area contributed by atoms with E-state index in [1.807, 2.05) is 7.05 Å². The lowest BCUT2D eigenvalue weighted by Crippen LogP contribution is -2.18. The first-order chi connectivity index (χ1) is 8.25. The van der Waals surface area contributed by atoms with Crippen LogP contribution in [0.25, 0.3) is 0 Å². The summed E-state index contributed by atoms with van der Waals surface area (Å²) in [5, 5.41) is 6.95. The fourth-order valence-corrected chi connectivity index (χ4v) is 2.79. The predicted octanol–water partition coefficient (Wildman–Crippen LogP) is 2.77. The quantitative estimate of drug-likeness (QED) is 0.792. The highest BCUT2D eigenvalue weighted by Gasteiger charge is 2.53. The highest BCUT2D eigenvalue weighted by Crippen LogP contribution is 2.61. The third kappa shape index (κ3) is 2.06. The number of nitrogens with zero attached hydrogens (tertiary/aromatic N) is 2. The molecule has 17 heavy (non-hydrogen) atoms. The van der Waals surface area contributed by atoms with Crippen molar-refractivity contribution in [3.63, 3.8) is 0 Å². The van der Waals surface area contributed by atoms with Crippen molar-refractivity contribution in [2.75, 3.05) is 24.2 Å². The number of aromatic nitrogens is 2. The second-order valence-corrected chi connectivity index (χ2v) is 5.49. The van der Waals surface area contributed by atoms with Gasteiger partial charge >= 0.3 is 0 Å². The van der Waals surface area contributed by atoms with E-state index in [-0.39, 0.29) is 0 Å². The van der Waals surface area contributed by atoms with Crippen molar-refractivity contribution in [3.05, 3.63) is 11.5 Å². The van der Waals surface area contributed by atoms with Gasteiger partial charge in [0.25, 0.3) is 0 Å². The Morgan fingerprint density at radius 3 is 2.76 bits per heavy atom. The second kappa shape index (κ2) is 4.02. The van der Waals surface area contributed by atoms with Gasteiger partial charge in [0.05, 0.1) is 0 Å². The molecule has 0 unspecified atom stereocenters. The molecule has 1 aromatic heterocycles. The van der Waals surface area contributed by atoms with Crippen LogP contribution < -0.4 is 10.6 Å². The first kappa shape index (κ1) is 11.1. The van der Waals surface area contributed by atoms with E-state index < -0.39 is 0 Å². The van der Waals surface area contributed by atoms with Gasteiger partial charge in [0.2, 0.25) is 0 Å². The van der Waals surface area contributed by atoms with E-state index in [1.54, 1.807) is 0 Å². The monoisotopic (exact) mass is 252 g/mol. The van der Waals surface area contributed by atoms with Crippen molar-refractivity contribution in [1.82, 2.24) is 9.97 Å². The molecule has 0 atom stereocenters. The molecule has 0 spiro atoms. The van der Waals surface area contributed by atoms with Gasteiger partial charge in [-0.05, 0) is 37.0 Å². The zero-order valence-corrected chi connectivity index (χ0v) is 10.7. The number of hydrogen-bond acceptors (Lipinski definition) is 4. The molecule has 1 heterocycles. The molecule has 2 aliphatic carbocycles. The summed E-state index contributed by atoms with van der Waals surface area (Å²) >= 11 is 6.02. The van der Waals surface area contributed by atoms with Crippen LogP contribution in [0, 0.1) is 11.3 Å². The Morgan fingerprint density at radius 1 is 1.41 bits per heavy atom. The summed E-state index contributed by atoms with van der Waals surface area (Å²) in [7, 11) is 1.84. The Morgan fingerprint density at radius 2 is 2.18 bits per heavy atom. The fraction of sp³-hybridized carbons (Fsp3) is 0.667. The summed E-state index contributed by atoms with van der Waals surface area (Å²) in [5.74, 6) is 1.77. The van der Waals surface area contributed by atoms with Crippen molar-refractivity contribution in [1.29, 1.82) is 0 Å². The number of hydrogen-bond donors (Lipinski definition) is 2. The minimum absolute atomic E-state index is 0.473. The van der Waals surface area contributed by atoms with E-state index in [0.29, 0.717) is 10.6 Å². The lowest BCUT2D eigenvalue weighted by atomic mass is 10.0. The van der Waals surface area contributed by atoms with Crippen molar-refractivity contribution in [3.8, 4) is 0 Å². The minimum Gasteiger partial charge on any atom is -0.383 e. The van der Waals surface area contributed by atoms with Gasteiger partial charge < -0.3 is 10.6 Å². The Balaban J connectivity index is 1.70. The van der Waals surface area contributed by atoms with Crippen molar-refractivity contribution in [2.45, 2.75) is 25.7 Å². The van der Waals surface area contributed by atoms with Crippen molar-refractivity contribution in [2.24, 2.45) is 11.3 Å². The van der Waals surface area contributed by atoms with Crippen LogP contribution >= 0.6 is 11.6 Å². The summed E-state index contributed by atoms with van der Waals surface area (Å²) in [4.78, 5) is 8.22. The molecule has 0 radical (unpaired) electrons. The fourth-order valence-electron chi connectivity index (χ4n) is 2.57. The number of rotatable bonds is 5. The maximum absolute atomic E-state index is 6.02. The largest absolute Gasteiger partial charge is 0.383 e. The molecule has 4 nitrogen and oxygen atoms in total. The van der Waals surface area contributed by atoms with E-state index >= 15 is 0 Å². The molecule has 0 bridgehead atoms. The van der Waals surface area contributed by atoms with Gasteiger partial charge in [-0.1, -0.05) is 11.6 Å². The molecule has 3 rings (SSSR count). The van der Waals surface area contributed by atoms with E-state index in [9.17, 15) is 0 Å². The molecule has 5 heteroatoms. The standard InChI is InChI=1S/C12H17ClN4/c1-14-9-10(13)16-7-17-11(9)15-6-12(4-5-12)8-2-3-8/h7-8,14H,2-6H2,1H3,(H,15,16,17). The normalized spacial score (nSPS) is 21.1. The van der Waals surface area contributed by atoms with Crippen LogP contribution in [-0.2, 0) is 0 Å². The van der Waals surface area contributed by atoms with Crippen LogP contribution in [0.5, 0.6) is 0 Å². The Bertz CT molecular complexity index is 427. The number of anilines is 2. The van der Waals surface area contributed by atoms with Gasteiger partial charge in [0.1, 0.15) is 12.0 Å². The van der Waals surface area contributed by atoms with E-state index in [1.165, 1.54) is 32.0 Å². The van der Waals surface area contributed by atoms with Gasteiger partial charge in [-0.25, -0.2) is 9.97 Å². The molecule has 2 saturated carbocycles. The van der Waals surface area contributed by atoms with E-state index in [0.717, 1.165) is 24.0 Å². The molecule has 2 N–H and O–H groups in total. The predicted molar refractivity (Wildman–Crippen MR) is 69.5 cm³/mol. The third-order valence-electron chi connectivity index (χ3n) is 3.99. The number of halogens is 1. The van der Waals surface area contributed by atoms with Crippen molar-refractivity contribution >= 4 is 23.1 Å². The maximum atomic E-state index is 6.02. The van der Waals surface area contributed by atoms with Gasteiger partial charge in [0, 0.05) is 13.6 Å². The van der Waals surface area contributed by atoms with Gasteiger partial charge in [-0.3, -0.25) is 0 Å². The smallest absolute Gasteiger partial charge is 0.157 e. The molecular weight excluding hydrogens is 236 g/mol. The molecule has 1 aromatic rings. The summed E-state index contributed by atoms with van der Waals surface area (Å²) < 4.78 is 0. The van der Waals surface area contributed by atoms with Gasteiger partial charge in [-0.15, -0.1) is 0 Å². The SMILES string of the molecule is CNc1c(Cl)ncnc1NCC1(C2CC2)CC1. The van der Waals surface area contributed by atoms with Crippen LogP contribution in [-0.4, -0.2) is 23.6 Å². The average molecular weight is 253 g/mol. The summed E-state index contributed by atoms with van der Waals surface area (Å²) in [6.45, 7) is 1.01. The Labute approximate surface area is 106 Å². The Hall–Kier alpha value is -1.03. The second-order valence-electron chi connectivity index (χ2n) is 5.13. The summed E-state index contributed by atoms with van der Waals surface area (Å²) in [6.07, 6.45) is 7.04. The highest BCUT2D eigenvalue weighted by molar-refractivity contribution is 6.32. The van der Waals surface area contributed by atoms with E-state index in [4.69, 9.17) is 11.6 Å². The van der Waals surface area contributed by atoms with Crippen LogP contribution in [0.4, 0.5) is 11.5 Å².